The summed E-state index contributed by atoms with van der Waals surface area (Å²) in [4.78, 5) is 34.9. The number of hydrogen-bond donors (Lipinski definition) is 1. The largest absolute Gasteiger partial charge is 0.481 e. The lowest BCUT2D eigenvalue weighted by Crippen LogP contribution is -2.39. The lowest BCUT2D eigenvalue weighted by Gasteiger charge is -2.25. The topological polar surface area (TPSA) is 119 Å². The molecule has 1 aromatic heterocycles. The molecule has 1 heterocycles. The summed E-state index contributed by atoms with van der Waals surface area (Å²) in [5.41, 5.74) is -0.340. The van der Waals surface area contributed by atoms with Crippen molar-refractivity contribution < 1.29 is 19.6 Å². The van der Waals surface area contributed by atoms with Crippen molar-refractivity contribution in [2.75, 3.05) is 6.54 Å². The predicted molar refractivity (Wildman–Crippen MR) is 73.0 cm³/mol. The molecule has 0 fully saturated rings. The fourth-order valence-corrected chi connectivity index (χ4v) is 2.05. The smallest absolute Gasteiger partial charge is 0.322 e. The number of carboxylic acids is 1. The molecule has 0 aliphatic rings. The van der Waals surface area contributed by atoms with Crippen molar-refractivity contribution in [2.24, 2.45) is 7.05 Å². The van der Waals surface area contributed by atoms with Crippen LogP contribution < -0.4 is 0 Å². The van der Waals surface area contributed by atoms with Crippen LogP contribution in [-0.4, -0.2) is 49.2 Å². The van der Waals surface area contributed by atoms with Crippen LogP contribution in [0.25, 0.3) is 0 Å². The summed E-state index contributed by atoms with van der Waals surface area (Å²) < 4.78 is 1.16. The number of aryl methyl sites for hydroxylation is 2. The Morgan fingerprint density at radius 2 is 2.05 bits per heavy atom. The summed E-state index contributed by atoms with van der Waals surface area (Å²) in [6, 6.07) is -0.285. The number of carbonyl (C=O) groups is 2. The van der Waals surface area contributed by atoms with Gasteiger partial charge < -0.3 is 10.0 Å². The molecule has 0 aliphatic heterocycles. The number of carboxylic acid groups (broad SMARTS) is 1. The first-order chi connectivity index (χ1) is 9.66. The third kappa shape index (κ3) is 3.56. The van der Waals surface area contributed by atoms with Gasteiger partial charge in [0.15, 0.2) is 0 Å². The Morgan fingerprint density at radius 1 is 1.48 bits per heavy atom. The third-order valence-electron chi connectivity index (χ3n) is 3.03. The number of aromatic nitrogens is 2. The highest BCUT2D eigenvalue weighted by Gasteiger charge is 2.33. The zero-order valence-electron chi connectivity index (χ0n) is 12.4. The molecule has 0 atom stereocenters. The molecule has 1 aromatic rings. The number of carbonyl (C=O) groups excluding carboxylic acids is 1. The number of nitro groups is 1. The van der Waals surface area contributed by atoms with Crippen LogP contribution in [0, 0.1) is 17.0 Å². The predicted octanol–water partition coefficient (Wildman–Crippen LogP) is 0.962. The molecule has 1 N–H and O–H groups in total. The number of aliphatic carboxylic acids is 1. The van der Waals surface area contributed by atoms with Crippen molar-refractivity contribution in [3.05, 3.63) is 21.5 Å². The molecule has 21 heavy (non-hydrogen) atoms. The van der Waals surface area contributed by atoms with Crippen LogP contribution in [0.15, 0.2) is 0 Å². The van der Waals surface area contributed by atoms with Gasteiger partial charge in [0.1, 0.15) is 5.69 Å². The monoisotopic (exact) mass is 298 g/mol. The van der Waals surface area contributed by atoms with E-state index in [-0.39, 0.29) is 36.1 Å². The lowest BCUT2D eigenvalue weighted by molar-refractivity contribution is -0.385. The van der Waals surface area contributed by atoms with Crippen LogP contribution in [0.4, 0.5) is 5.69 Å². The van der Waals surface area contributed by atoms with Gasteiger partial charge in [-0.05, 0) is 20.8 Å². The number of rotatable bonds is 6. The molecule has 0 unspecified atom stereocenters. The van der Waals surface area contributed by atoms with E-state index in [0.29, 0.717) is 0 Å². The first-order valence-electron chi connectivity index (χ1n) is 6.37. The number of hydrogen-bond acceptors (Lipinski definition) is 5. The van der Waals surface area contributed by atoms with Gasteiger partial charge in [-0.2, -0.15) is 5.10 Å². The average Bonchev–Trinajstić information content (AvgIpc) is 2.63. The van der Waals surface area contributed by atoms with Crippen LogP contribution in [0.5, 0.6) is 0 Å². The van der Waals surface area contributed by atoms with Gasteiger partial charge in [0.05, 0.1) is 11.3 Å². The lowest BCUT2D eigenvalue weighted by atomic mass is 10.2. The standard InChI is InChI=1S/C12H18N4O5/c1-7(2)15(6-5-9(17)18)12(19)11-10(16(20)21)8(3)13-14(11)4/h7H,5-6H2,1-4H3,(H,17,18). The molecule has 0 saturated heterocycles. The van der Waals surface area contributed by atoms with E-state index >= 15 is 0 Å². The van der Waals surface area contributed by atoms with Gasteiger partial charge in [-0.1, -0.05) is 0 Å². The highest BCUT2D eigenvalue weighted by molar-refractivity contribution is 5.97. The summed E-state index contributed by atoms with van der Waals surface area (Å²) in [5, 5.41) is 23.7. The zero-order valence-corrected chi connectivity index (χ0v) is 12.4. The molecular weight excluding hydrogens is 280 g/mol. The van der Waals surface area contributed by atoms with Gasteiger partial charge in [0, 0.05) is 19.6 Å². The molecule has 0 radical (unpaired) electrons. The Hall–Kier alpha value is -2.45. The van der Waals surface area contributed by atoms with Crippen molar-refractivity contribution in [1.82, 2.24) is 14.7 Å². The first-order valence-corrected chi connectivity index (χ1v) is 6.37. The molecule has 1 amide bonds. The minimum Gasteiger partial charge on any atom is -0.481 e. The summed E-state index contributed by atoms with van der Waals surface area (Å²) >= 11 is 0. The Bertz CT molecular complexity index is 578. The van der Waals surface area contributed by atoms with Gasteiger partial charge in [0.25, 0.3) is 5.91 Å². The zero-order chi connectivity index (χ0) is 16.3. The Morgan fingerprint density at radius 3 is 2.48 bits per heavy atom. The van der Waals surface area contributed by atoms with Gasteiger partial charge in [-0.3, -0.25) is 24.4 Å². The minimum atomic E-state index is -1.04. The molecule has 9 heteroatoms. The van der Waals surface area contributed by atoms with Crippen molar-refractivity contribution >= 4 is 17.6 Å². The number of nitrogens with zero attached hydrogens (tertiary/aromatic N) is 4. The minimum absolute atomic E-state index is 0.0206. The SMILES string of the molecule is Cc1nn(C)c(C(=O)N(CCC(=O)O)C(C)C)c1[N+](=O)[O-]. The van der Waals surface area contributed by atoms with Gasteiger partial charge in [-0.25, -0.2) is 0 Å². The molecule has 9 nitrogen and oxygen atoms in total. The van der Waals surface area contributed by atoms with E-state index in [1.165, 1.54) is 18.9 Å². The fraction of sp³-hybridized carbons (Fsp3) is 0.583. The van der Waals surface area contributed by atoms with E-state index in [1.54, 1.807) is 13.8 Å². The maximum atomic E-state index is 12.5. The van der Waals surface area contributed by atoms with Crippen LogP contribution in [0.2, 0.25) is 0 Å². The molecule has 116 valence electrons. The quantitative estimate of drug-likeness (QED) is 0.617. The normalized spacial score (nSPS) is 10.7. The van der Waals surface area contributed by atoms with E-state index in [4.69, 9.17) is 5.11 Å². The average molecular weight is 298 g/mol. The van der Waals surface area contributed by atoms with Crippen LogP contribution in [0.3, 0.4) is 0 Å². The second-order valence-electron chi connectivity index (χ2n) is 4.90. The summed E-state index contributed by atoms with van der Waals surface area (Å²) in [6.07, 6.45) is -0.228. The summed E-state index contributed by atoms with van der Waals surface area (Å²) in [7, 11) is 1.45. The van der Waals surface area contributed by atoms with Crippen molar-refractivity contribution in [2.45, 2.75) is 33.2 Å². The Balaban J connectivity index is 3.21. The van der Waals surface area contributed by atoms with E-state index in [2.05, 4.69) is 5.10 Å². The molecular formula is C12H18N4O5. The molecule has 1 rings (SSSR count). The van der Waals surface area contributed by atoms with E-state index in [0.717, 1.165) is 4.68 Å². The Kier molecular flexibility index (Phi) is 5.01. The van der Waals surface area contributed by atoms with Crippen molar-refractivity contribution in [3.8, 4) is 0 Å². The Labute approximate surface area is 121 Å². The molecule has 0 saturated carbocycles. The molecule has 0 bridgehead atoms. The number of amides is 1. The van der Waals surface area contributed by atoms with E-state index in [1.807, 2.05) is 0 Å². The van der Waals surface area contributed by atoms with Gasteiger partial charge in [-0.15, -0.1) is 0 Å². The highest BCUT2D eigenvalue weighted by Crippen LogP contribution is 2.24. The van der Waals surface area contributed by atoms with Gasteiger partial charge >= 0.3 is 11.7 Å². The molecule has 0 aliphatic carbocycles. The first kappa shape index (κ1) is 16.6. The second-order valence-corrected chi connectivity index (χ2v) is 4.90. The summed E-state index contributed by atoms with van der Waals surface area (Å²) in [6.45, 7) is 4.86. The molecule has 0 aromatic carbocycles. The van der Waals surface area contributed by atoms with Crippen LogP contribution in [-0.2, 0) is 11.8 Å². The van der Waals surface area contributed by atoms with Crippen molar-refractivity contribution in [1.29, 1.82) is 0 Å². The van der Waals surface area contributed by atoms with Crippen LogP contribution >= 0.6 is 0 Å². The molecule has 0 spiro atoms. The second kappa shape index (κ2) is 6.33. The van der Waals surface area contributed by atoms with E-state index < -0.39 is 16.8 Å². The highest BCUT2D eigenvalue weighted by atomic mass is 16.6. The maximum absolute atomic E-state index is 12.5. The fourth-order valence-electron chi connectivity index (χ4n) is 2.05. The van der Waals surface area contributed by atoms with Crippen molar-refractivity contribution in [3.63, 3.8) is 0 Å². The third-order valence-corrected chi connectivity index (χ3v) is 3.03. The summed E-state index contributed by atoms with van der Waals surface area (Å²) in [5.74, 6) is -1.63. The van der Waals surface area contributed by atoms with Gasteiger partial charge in [0.2, 0.25) is 5.69 Å². The van der Waals surface area contributed by atoms with E-state index in [9.17, 15) is 19.7 Å². The maximum Gasteiger partial charge on any atom is 0.322 e. The van der Waals surface area contributed by atoms with Crippen LogP contribution in [0.1, 0.15) is 36.5 Å².